The van der Waals surface area contributed by atoms with E-state index in [1.807, 2.05) is 0 Å². The lowest BCUT2D eigenvalue weighted by molar-refractivity contribution is 0.0489. The standard InChI is InChI=1S/C8H17N3/c9-6-8(2-3-10-7-8)11-4-1-5-11/h10H,1-7,9H2. The van der Waals surface area contributed by atoms with Crippen molar-refractivity contribution in [2.45, 2.75) is 18.4 Å². The molecule has 0 amide bonds. The highest BCUT2D eigenvalue weighted by atomic mass is 15.3. The van der Waals surface area contributed by atoms with Gasteiger partial charge in [-0.25, -0.2) is 0 Å². The molecule has 2 fully saturated rings. The minimum absolute atomic E-state index is 0.332. The highest BCUT2D eigenvalue weighted by Gasteiger charge is 2.40. The largest absolute Gasteiger partial charge is 0.329 e. The molecule has 3 nitrogen and oxygen atoms in total. The van der Waals surface area contributed by atoms with Gasteiger partial charge in [0.25, 0.3) is 0 Å². The summed E-state index contributed by atoms with van der Waals surface area (Å²) in [6.07, 6.45) is 2.60. The Hall–Kier alpha value is -0.120. The van der Waals surface area contributed by atoms with Gasteiger partial charge in [0, 0.05) is 31.7 Å². The fraction of sp³-hybridized carbons (Fsp3) is 1.00. The topological polar surface area (TPSA) is 41.3 Å². The van der Waals surface area contributed by atoms with E-state index in [9.17, 15) is 0 Å². The second-order valence-electron chi connectivity index (χ2n) is 3.70. The molecule has 11 heavy (non-hydrogen) atoms. The third kappa shape index (κ3) is 1.08. The zero-order valence-corrected chi connectivity index (χ0v) is 6.97. The Balaban J connectivity index is 2.02. The molecular weight excluding hydrogens is 138 g/mol. The van der Waals surface area contributed by atoms with Crippen LogP contribution in [0.25, 0.3) is 0 Å². The van der Waals surface area contributed by atoms with Crippen molar-refractivity contribution in [3.05, 3.63) is 0 Å². The van der Waals surface area contributed by atoms with Gasteiger partial charge in [-0.15, -0.1) is 0 Å². The summed E-state index contributed by atoms with van der Waals surface area (Å²) in [5.74, 6) is 0. The summed E-state index contributed by atoms with van der Waals surface area (Å²) in [7, 11) is 0. The van der Waals surface area contributed by atoms with Gasteiger partial charge in [-0.2, -0.15) is 0 Å². The van der Waals surface area contributed by atoms with E-state index in [1.165, 1.54) is 25.9 Å². The molecule has 2 saturated heterocycles. The summed E-state index contributed by atoms with van der Waals surface area (Å²) in [5, 5.41) is 3.39. The lowest BCUT2D eigenvalue weighted by Gasteiger charge is -2.45. The Morgan fingerprint density at radius 2 is 2.27 bits per heavy atom. The van der Waals surface area contributed by atoms with Crippen molar-refractivity contribution >= 4 is 0 Å². The zero-order chi connectivity index (χ0) is 7.73. The van der Waals surface area contributed by atoms with Crippen LogP contribution in [0.3, 0.4) is 0 Å². The normalized spacial score (nSPS) is 39.0. The van der Waals surface area contributed by atoms with Crippen molar-refractivity contribution in [1.82, 2.24) is 10.2 Å². The van der Waals surface area contributed by atoms with E-state index in [-0.39, 0.29) is 0 Å². The van der Waals surface area contributed by atoms with Crippen LogP contribution >= 0.6 is 0 Å². The third-order valence-corrected chi connectivity index (χ3v) is 3.13. The average Bonchev–Trinajstić information content (AvgIpc) is 2.34. The van der Waals surface area contributed by atoms with Gasteiger partial charge in [0.15, 0.2) is 0 Å². The van der Waals surface area contributed by atoms with Crippen LogP contribution in [0.15, 0.2) is 0 Å². The minimum Gasteiger partial charge on any atom is -0.329 e. The molecule has 2 heterocycles. The van der Waals surface area contributed by atoms with Crippen molar-refractivity contribution < 1.29 is 0 Å². The summed E-state index contributed by atoms with van der Waals surface area (Å²) in [5.41, 5.74) is 6.13. The van der Waals surface area contributed by atoms with E-state index in [0.717, 1.165) is 19.6 Å². The molecular formula is C8H17N3. The lowest BCUT2D eigenvalue weighted by atomic mass is 9.93. The fourth-order valence-electron chi connectivity index (χ4n) is 2.09. The van der Waals surface area contributed by atoms with Crippen LogP contribution in [0.5, 0.6) is 0 Å². The van der Waals surface area contributed by atoms with Crippen LogP contribution in [-0.4, -0.2) is 43.2 Å². The van der Waals surface area contributed by atoms with Gasteiger partial charge >= 0.3 is 0 Å². The molecule has 1 atom stereocenters. The number of nitrogens with zero attached hydrogens (tertiary/aromatic N) is 1. The van der Waals surface area contributed by atoms with Gasteiger partial charge in [-0.05, 0) is 19.4 Å². The quantitative estimate of drug-likeness (QED) is 0.558. The molecule has 0 aromatic rings. The van der Waals surface area contributed by atoms with E-state index < -0.39 is 0 Å². The van der Waals surface area contributed by atoms with Gasteiger partial charge < -0.3 is 11.1 Å². The molecule has 0 spiro atoms. The van der Waals surface area contributed by atoms with E-state index in [2.05, 4.69) is 10.2 Å². The first-order valence-corrected chi connectivity index (χ1v) is 4.53. The van der Waals surface area contributed by atoms with Crippen molar-refractivity contribution in [3.63, 3.8) is 0 Å². The highest BCUT2D eigenvalue weighted by Crippen LogP contribution is 2.26. The van der Waals surface area contributed by atoms with Crippen LogP contribution in [0.4, 0.5) is 0 Å². The number of nitrogens with two attached hydrogens (primary N) is 1. The summed E-state index contributed by atoms with van der Waals surface area (Å²) >= 11 is 0. The summed E-state index contributed by atoms with van der Waals surface area (Å²) in [4.78, 5) is 2.53. The first-order chi connectivity index (χ1) is 5.37. The number of nitrogens with one attached hydrogen (secondary N) is 1. The van der Waals surface area contributed by atoms with Crippen LogP contribution in [0.2, 0.25) is 0 Å². The van der Waals surface area contributed by atoms with Crippen LogP contribution in [0.1, 0.15) is 12.8 Å². The molecule has 0 bridgehead atoms. The molecule has 64 valence electrons. The Morgan fingerprint density at radius 1 is 1.45 bits per heavy atom. The molecule has 2 aliphatic heterocycles. The highest BCUT2D eigenvalue weighted by molar-refractivity contribution is 5.00. The molecule has 3 N–H and O–H groups in total. The Kier molecular flexibility index (Phi) is 1.87. The second-order valence-corrected chi connectivity index (χ2v) is 3.70. The van der Waals surface area contributed by atoms with Crippen LogP contribution in [0, 0.1) is 0 Å². The molecule has 2 aliphatic rings. The predicted molar refractivity (Wildman–Crippen MR) is 45.5 cm³/mol. The molecule has 0 aromatic carbocycles. The zero-order valence-electron chi connectivity index (χ0n) is 6.97. The number of likely N-dealkylation sites (tertiary alicyclic amines) is 1. The molecule has 0 aromatic heterocycles. The van der Waals surface area contributed by atoms with Crippen molar-refractivity contribution in [3.8, 4) is 0 Å². The van der Waals surface area contributed by atoms with E-state index >= 15 is 0 Å². The third-order valence-electron chi connectivity index (χ3n) is 3.13. The Labute approximate surface area is 67.9 Å². The first-order valence-electron chi connectivity index (χ1n) is 4.53. The molecule has 0 aliphatic carbocycles. The average molecular weight is 155 g/mol. The maximum Gasteiger partial charge on any atom is 0.0467 e. The maximum atomic E-state index is 5.80. The number of rotatable bonds is 2. The van der Waals surface area contributed by atoms with E-state index in [4.69, 9.17) is 5.73 Å². The van der Waals surface area contributed by atoms with Crippen LogP contribution < -0.4 is 11.1 Å². The molecule has 0 radical (unpaired) electrons. The predicted octanol–water partition coefficient (Wildman–Crippen LogP) is -0.617. The van der Waals surface area contributed by atoms with E-state index in [0.29, 0.717) is 5.54 Å². The SMILES string of the molecule is NCC1(N2CCC2)CCNC1. The molecule has 0 saturated carbocycles. The van der Waals surface area contributed by atoms with Crippen molar-refractivity contribution in [1.29, 1.82) is 0 Å². The van der Waals surface area contributed by atoms with Crippen LogP contribution in [-0.2, 0) is 0 Å². The summed E-state index contributed by atoms with van der Waals surface area (Å²) in [6.45, 7) is 5.59. The van der Waals surface area contributed by atoms with Crippen molar-refractivity contribution in [2.24, 2.45) is 5.73 Å². The Morgan fingerprint density at radius 3 is 2.64 bits per heavy atom. The van der Waals surface area contributed by atoms with Gasteiger partial charge in [0.1, 0.15) is 0 Å². The van der Waals surface area contributed by atoms with Gasteiger partial charge in [0.2, 0.25) is 0 Å². The smallest absolute Gasteiger partial charge is 0.0467 e. The second kappa shape index (κ2) is 2.73. The van der Waals surface area contributed by atoms with Gasteiger partial charge in [0.05, 0.1) is 0 Å². The molecule has 2 rings (SSSR count). The van der Waals surface area contributed by atoms with Gasteiger partial charge in [-0.1, -0.05) is 0 Å². The van der Waals surface area contributed by atoms with Gasteiger partial charge in [-0.3, -0.25) is 4.90 Å². The fourth-order valence-corrected chi connectivity index (χ4v) is 2.09. The summed E-state index contributed by atoms with van der Waals surface area (Å²) in [6, 6.07) is 0. The maximum absolute atomic E-state index is 5.80. The van der Waals surface area contributed by atoms with E-state index in [1.54, 1.807) is 0 Å². The number of hydrogen-bond donors (Lipinski definition) is 2. The number of hydrogen-bond acceptors (Lipinski definition) is 3. The van der Waals surface area contributed by atoms with Crippen molar-refractivity contribution in [2.75, 3.05) is 32.7 Å². The molecule has 3 heteroatoms. The minimum atomic E-state index is 0.332. The lowest BCUT2D eigenvalue weighted by Crippen LogP contribution is -2.60. The first kappa shape index (κ1) is 7.53. The summed E-state index contributed by atoms with van der Waals surface area (Å²) < 4.78 is 0. The molecule has 1 unspecified atom stereocenters. The Bertz CT molecular complexity index is 136. The monoisotopic (exact) mass is 155 g/mol.